The number of amides is 2. The molecule has 2 aromatic heterocycles. The molecule has 3 aromatic carbocycles. The second-order valence-corrected chi connectivity index (χ2v) is 8.27. The highest BCUT2D eigenvalue weighted by molar-refractivity contribution is 6.04. The molecular weight excluding hydrogens is 506 g/mol. The van der Waals surface area contributed by atoms with Crippen LogP contribution in [0.2, 0.25) is 0 Å². The lowest BCUT2D eigenvalue weighted by molar-refractivity contribution is -0.138. The average molecular weight is 536 g/mol. The van der Waals surface area contributed by atoms with Gasteiger partial charge >= 0.3 is 5.97 Å². The summed E-state index contributed by atoms with van der Waals surface area (Å²) in [7, 11) is 0. The molecule has 8 nitrogen and oxygen atoms in total. The number of carboxylic acids is 1. The van der Waals surface area contributed by atoms with Crippen LogP contribution in [-0.2, 0) is 9.59 Å². The Morgan fingerprint density at radius 2 is 1.35 bits per heavy atom. The van der Waals surface area contributed by atoms with Gasteiger partial charge in [0.15, 0.2) is 5.76 Å². The van der Waals surface area contributed by atoms with Crippen LogP contribution < -0.4 is 10.6 Å². The Kier molecular flexibility index (Phi) is 11.4. The molecule has 0 aliphatic heterocycles. The van der Waals surface area contributed by atoms with E-state index in [0.29, 0.717) is 11.3 Å². The average Bonchev–Trinajstić information content (AvgIpc) is 3.55. The number of pyridine rings is 1. The second-order valence-electron chi connectivity index (χ2n) is 8.27. The van der Waals surface area contributed by atoms with Crippen molar-refractivity contribution in [2.24, 2.45) is 5.73 Å². The molecule has 0 aliphatic carbocycles. The highest BCUT2D eigenvalue weighted by Crippen LogP contribution is 2.27. The fourth-order valence-corrected chi connectivity index (χ4v) is 3.81. The van der Waals surface area contributed by atoms with E-state index < -0.39 is 11.9 Å². The molecule has 0 aliphatic rings. The Hall–Kier alpha value is -5.50. The predicted molar refractivity (Wildman–Crippen MR) is 154 cm³/mol. The second kappa shape index (κ2) is 15.7. The molecule has 0 saturated heterocycles. The molecule has 1 atom stereocenters. The number of furan rings is 1. The number of carboxylic acid groups (broad SMARTS) is 1. The van der Waals surface area contributed by atoms with E-state index in [0.717, 1.165) is 11.1 Å². The van der Waals surface area contributed by atoms with Crippen LogP contribution in [0.3, 0.4) is 0 Å². The van der Waals surface area contributed by atoms with Crippen LogP contribution in [0.5, 0.6) is 0 Å². The number of hydrogen-bond donors (Lipinski definition) is 2. The van der Waals surface area contributed by atoms with Crippen LogP contribution in [0, 0.1) is 0 Å². The van der Waals surface area contributed by atoms with Crippen molar-refractivity contribution in [2.75, 3.05) is 11.4 Å². The van der Waals surface area contributed by atoms with Crippen molar-refractivity contribution in [2.45, 2.75) is 5.92 Å². The number of carbonyl (C=O) groups is 3. The van der Waals surface area contributed by atoms with E-state index in [2.05, 4.69) is 10.7 Å². The molecule has 0 bridgehead atoms. The van der Waals surface area contributed by atoms with Crippen molar-refractivity contribution in [3.05, 3.63) is 145 Å². The zero-order valence-corrected chi connectivity index (χ0v) is 21.6. The SMILES string of the molecule is NC=O.O=C(O)C(CN(C(=O)c1ccco1)c1ccc(-c2ccccc2)cc1)c1ccccc1.c1ccncc1. The summed E-state index contributed by atoms with van der Waals surface area (Å²) in [6, 6.07) is 35.3. The van der Waals surface area contributed by atoms with Crippen LogP contribution in [0.1, 0.15) is 22.0 Å². The van der Waals surface area contributed by atoms with Gasteiger partial charge < -0.3 is 20.2 Å². The first kappa shape index (κ1) is 29.1. The fourth-order valence-electron chi connectivity index (χ4n) is 3.81. The Balaban J connectivity index is 0.000000421. The zero-order chi connectivity index (χ0) is 28.6. The van der Waals surface area contributed by atoms with Crippen molar-refractivity contribution < 1.29 is 23.9 Å². The molecule has 3 N–H and O–H groups in total. The summed E-state index contributed by atoms with van der Waals surface area (Å²) in [4.78, 5) is 39.1. The number of hydrogen-bond acceptors (Lipinski definition) is 5. The van der Waals surface area contributed by atoms with Gasteiger partial charge in [-0.25, -0.2) is 0 Å². The predicted octanol–water partition coefficient (Wildman–Crippen LogP) is 5.64. The van der Waals surface area contributed by atoms with Gasteiger partial charge in [-0.2, -0.15) is 0 Å². The normalized spacial score (nSPS) is 10.5. The molecular formula is C32H29N3O5. The summed E-state index contributed by atoms with van der Waals surface area (Å²) < 4.78 is 5.30. The molecule has 2 amide bonds. The summed E-state index contributed by atoms with van der Waals surface area (Å²) in [5.41, 5.74) is 7.47. The maximum absolute atomic E-state index is 13.2. The van der Waals surface area contributed by atoms with Crippen LogP contribution in [0.15, 0.2) is 138 Å². The molecule has 1 unspecified atom stereocenters. The molecule has 5 rings (SSSR count). The topological polar surface area (TPSA) is 127 Å². The molecule has 40 heavy (non-hydrogen) atoms. The third kappa shape index (κ3) is 8.53. The van der Waals surface area contributed by atoms with Crippen molar-refractivity contribution >= 4 is 24.0 Å². The quantitative estimate of drug-likeness (QED) is 0.260. The van der Waals surface area contributed by atoms with E-state index in [9.17, 15) is 14.7 Å². The minimum atomic E-state index is -0.996. The smallest absolute Gasteiger partial charge is 0.312 e. The Morgan fingerprint density at radius 3 is 1.82 bits per heavy atom. The maximum Gasteiger partial charge on any atom is 0.312 e. The minimum Gasteiger partial charge on any atom is -0.481 e. The van der Waals surface area contributed by atoms with Gasteiger partial charge in [-0.1, -0.05) is 78.9 Å². The molecule has 0 fully saturated rings. The van der Waals surface area contributed by atoms with E-state index in [-0.39, 0.29) is 24.6 Å². The van der Waals surface area contributed by atoms with Crippen LogP contribution >= 0.6 is 0 Å². The number of primary amides is 1. The number of aliphatic carboxylic acids is 1. The number of anilines is 1. The number of nitrogens with zero attached hydrogens (tertiary/aromatic N) is 2. The molecule has 8 heteroatoms. The van der Waals surface area contributed by atoms with Crippen molar-refractivity contribution in [1.82, 2.24) is 4.98 Å². The van der Waals surface area contributed by atoms with Crippen LogP contribution in [0.25, 0.3) is 11.1 Å². The molecule has 2 heterocycles. The van der Waals surface area contributed by atoms with Crippen LogP contribution in [-0.4, -0.2) is 34.9 Å². The number of aromatic nitrogens is 1. The van der Waals surface area contributed by atoms with Crippen molar-refractivity contribution in [3.8, 4) is 11.1 Å². The van der Waals surface area contributed by atoms with Gasteiger partial charge in [-0.05, 0) is 53.1 Å². The third-order valence-electron chi connectivity index (χ3n) is 5.69. The number of carbonyl (C=O) groups excluding carboxylic acids is 2. The Labute approximate surface area is 232 Å². The zero-order valence-electron chi connectivity index (χ0n) is 21.6. The lowest BCUT2D eigenvalue weighted by Crippen LogP contribution is -2.37. The first-order valence-electron chi connectivity index (χ1n) is 12.3. The van der Waals surface area contributed by atoms with Crippen molar-refractivity contribution in [3.63, 3.8) is 0 Å². The van der Waals surface area contributed by atoms with E-state index in [1.165, 1.54) is 11.2 Å². The lowest BCUT2D eigenvalue weighted by atomic mass is 9.98. The van der Waals surface area contributed by atoms with Gasteiger partial charge in [0.25, 0.3) is 5.91 Å². The Morgan fingerprint density at radius 1 is 0.800 bits per heavy atom. The van der Waals surface area contributed by atoms with E-state index in [4.69, 9.17) is 9.21 Å². The summed E-state index contributed by atoms with van der Waals surface area (Å²) >= 11 is 0. The highest BCUT2D eigenvalue weighted by Gasteiger charge is 2.28. The van der Waals surface area contributed by atoms with Gasteiger partial charge in [0.05, 0.1) is 12.2 Å². The highest BCUT2D eigenvalue weighted by atomic mass is 16.4. The third-order valence-corrected chi connectivity index (χ3v) is 5.69. The standard InChI is InChI=1S/C26H21NO4.C5H5N.CH3NO/c28-25(24-12-7-17-31-24)27(18-23(26(29)30)21-10-5-2-6-11-21)22-15-13-20(14-16-22)19-8-3-1-4-9-19;1-2-4-6-5-3-1;2-1-3/h1-17,23H,18H2,(H,29,30);1-5H;1H,(H2,2,3). The van der Waals surface area contributed by atoms with E-state index in [1.54, 1.807) is 48.8 Å². The molecule has 0 saturated carbocycles. The van der Waals surface area contributed by atoms with Crippen LogP contribution in [0.4, 0.5) is 5.69 Å². The van der Waals surface area contributed by atoms with Crippen molar-refractivity contribution in [1.29, 1.82) is 0 Å². The summed E-state index contributed by atoms with van der Waals surface area (Å²) in [6.45, 7) is -0.0242. The van der Waals surface area contributed by atoms with E-state index in [1.807, 2.05) is 78.9 Å². The first-order chi connectivity index (χ1) is 19.5. The van der Waals surface area contributed by atoms with Gasteiger partial charge in [0.1, 0.15) is 0 Å². The van der Waals surface area contributed by atoms with Gasteiger partial charge in [0.2, 0.25) is 6.41 Å². The number of nitrogens with two attached hydrogens (primary N) is 1. The van der Waals surface area contributed by atoms with Gasteiger partial charge in [-0.3, -0.25) is 19.4 Å². The monoisotopic (exact) mass is 535 g/mol. The molecule has 5 aromatic rings. The largest absolute Gasteiger partial charge is 0.481 e. The number of benzene rings is 3. The summed E-state index contributed by atoms with van der Waals surface area (Å²) in [5, 5.41) is 9.87. The molecule has 0 spiro atoms. The van der Waals surface area contributed by atoms with E-state index >= 15 is 0 Å². The lowest BCUT2D eigenvalue weighted by Gasteiger charge is -2.26. The maximum atomic E-state index is 13.2. The minimum absolute atomic E-state index is 0.0242. The Bertz CT molecular complexity index is 1400. The molecule has 0 radical (unpaired) electrons. The first-order valence-corrected chi connectivity index (χ1v) is 12.3. The fraction of sp³-hybridized carbons (Fsp3) is 0.0625. The number of rotatable bonds is 7. The summed E-state index contributed by atoms with van der Waals surface area (Å²) in [5.74, 6) is -2.11. The summed E-state index contributed by atoms with van der Waals surface area (Å²) in [6.07, 6.45) is 5.18. The van der Waals surface area contributed by atoms with Gasteiger partial charge in [0, 0.05) is 24.6 Å². The van der Waals surface area contributed by atoms with Gasteiger partial charge in [-0.15, -0.1) is 0 Å². The molecule has 202 valence electrons.